The van der Waals surface area contributed by atoms with Gasteiger partial charge in [0.25, 0.3) is 5.91 Å². The summed E-state index contributed by atoms with van der Waals surface area (Å²) in [5.41, 5.74) is 0.715. The number of likely N-dealkylation sites (tertiary alicyclic amines) is 1. The number of rotatable bonds is 4. The van der Waals surface area contributed by atoms with Crippen LogP contribution in [0.4, 0.5) is 0 Å². The first-order valence-corrected chi connectivity index (χ1v) is 9.60. The highest BCUT2D eigenvalue weighted by molar-refractivity contribution is 7.98. The largest absolute Gasteiger partial charge is 0.481 e. The minimum absolute atomic E-state index is 0.0585. The van der Waals surface area contributed by atoms with Gasteiger partial charge in [0.2, 0.25) is 0 Å². The molecule has 1 aromatic rings. The van der Waals surface area contributed by atoms with Gasteiger partial charge in [0.1, 0.15) is 0 Å². The molecular formula is C18H23NO4S. The van der Waals surface area contributed by atoms with E-state index in [1.807, 2.05) is 35.4 Å². The van der Waals surface area contributed by atoms with E-state index >= 15 is 0 Å². The van der Waals surface area contributed by atoms with E-state index in [1.165, 1.54) is 0 Å². The second-order valence-corrected chi connectivity index (χ2v) is 7.31. The summed E-state index contributed by atoms with van der Waals surface area (Å²) in [5.74, 6) is -0.860. The minimum Gasteiger partial charge on any atom is -0.481 e. The predicted octanol–water partition coefficient (Wildman–Crippen LogP) is 2.75. The molecular weight excluding hydrogens is 326 g/mol. The summed E-state index contributed by atoms with van der Waals surface area (Å²) < 4.78 is 5.69. The van der Waals surface area contributed by atoms with Gasteiger partial charge in [0.05, 0.1) is 12.0 Å². The fourth-order valence-corrected chi connectivity index (χ4v) is 4.10. The first kappa shape index (κ1) is 17.3. The van der Waals surface area contributed by atoms with Crippen LogP contribution in [-0.2, 0) is 9.53 Å². The SMILES string of the molecule is CSc1ccc(C(=O)N2CCC([C@@H]3OCCC3C(=O)O)CC2)cc1. The fraction of sp³-hybridized carbons (Fsp3) is 0.556. The molecule has 2 atom stereocenters. The van der Waals surface area contributed by atoms with Gasteiger partial charge in [-0.05, 0) is 55.7 Å². The molecule has 0 aliphatic carbocycles. The molecule has 0 saturated carbocycles. The van der Waals surface area contributed by atoms with E-state index in [-0.39, 0.29) is 17.9 Å². The Bertz CT molecular complexity index is 596. The van der Waals surface area contributed by atoms with Crippen molar-refractivity contribution in [3.05, 3.63) is 29.8 Å². The van der Waals surface area contributed by atoms with E-state index < -0.39 is 11.9 Å². The number of amides is 1. The van der Waals surface area contributed by atoms with Crippen molar-refractivity contribution in [2.45, 2.75) is 30.3 Å². The highest BCUT2D eigenvalue weighted by Gasteiger charge is 2.40. The molecule has 1 N–H and O–H groups in total. The molecule has 2 heterocycles. The molecule has 1 aromatic carbocycles. The predicted molar refractivity (Wildman–Crippen MR) is 92.3 cm³/mol. The van der Waals surface area contributed by atoms with Crippen LogP contribution in [0.3, 0.4) is 0 Å². The number of ether oxygens (including phenoxy) is 1. The maximum atomic E-state index is 12.6. The molecule has 130 valence electrons. The highest BCUT2D eigenvalue weighted by Crippen LogP contribution is 2.33. The lowest BCUT2D eigenvalue weighted by Crippen LogP contribution is -2.43. The zero-order chi connectivity index (χ0) is 17.1. The zero-order valence-electron chi connectivity index (χ0n) is 13.8. The average Bonchev–Trinajstić information content (AvgIpc) is 3.11. The molecule has 2 saturated heterocycles. The van der Waals surface area contributed by atoms with Crippen LogP contribution in [0.25, 0.3) is 0 Å². The number of hydrogen-bond acceptors (Lipinski definition) is 4. The van der Waals surface area contributed by atoms with Crippen LogP contribution in [0.15, 0.2) is 29.2 Å². The molecule has 0 radical (unpaired) electrons. The molecule has 0 bridgehead atoms. The van der Waals surface area contributed by atoms with Crippen molar-refractivity contribution in [1.29, 1.82) is 0 Å². The Balaban J connectivity index is 1.58. The van der Waals surface area contributed by atoms with Crippen LogP contribution < -0.4 is 0 Å². The van der Waals surface area contributed by atoms with Crippen LogP contribution >= 0.6 is 11.8 Å². The summed E-state index contributed by atoms with van der Waals surface area (Å²) >= 11 is 1.65. The van der Waals surface area contributed by atoms with Crippen LogP contribution in [0.2, 0.25) is 0 Å². The number of benzene rings is 1. The number of aliphatic carboxylic acids is 1. The molecule has 24 heavy (non-hydrogen) atoms. The molecule has 1 amide bonds. The van der Waals surface area contributed by atoms with Crippen molar-refractivity contribution >= 4 is 23.6 Å². The first-order chi connectivity index (χ1) is 11.6. The summed E-state index contributed by atoms with van der Waals surface area (Å²) in [5, 5.41) is 9.30. The number of thioether (sulfide) groups is 1. The molecule has 2 aliphatic heterocycles. The number of carboxylic acids is 1. The van der Waals surface area contributed by atoms with Gasteiger partial charge in [-0.25, -0.2) is 0 Å². The second-order valence-electron chi connectivity index (χ2n) is 6.43. The number of piperidine rings is 1. The van der Waals surface area contributed by atoms with Gasteiger partial charge in [-0.15, -0.1) is 11.8 Å². The fourth-order valence-electron chi connectivity index (χ4n) is 3.69. The summed E-state index contributed by atoms with van der Waals surface area (Å²) in [4.78, 5) is 26.9. The Hall–Kier alpha value is -1.53. The highest BCUT2D eigenvalue weighted by atomic mass is 32.2. The average molecular weight is 349 g/mol. The lowest BCUT2D eigenvalue weighted by atomic mass is 9.84. The Kier molecular flexibility index (Phi) is 5.46. The molecule has 0 spiro atoms. The third kappa shape index (κ3) is 3.59. The maximum Gasteiger partial charge on any atom is 0.309 e. The van der Waals surface area contributed by atoms with E-state index in [1.54, 1.807) is 11.8 Å². The molecule has 2 aliphatic rings. The molecule has 1 unspecified atom stereocenters. The molecule has 3 rings (SSSR count). The summed E-state index contributed by atoms with van der Waals surface area (Å²) in [6.07, 6.45) is 4.03. The zero-order valence-corrected chi connectivity index (χ0v) is 14.6. The summed E-state index contributed by atoms with van der Waals surface area (Å²) in [6, 6.07) is 7.69. The number of hydrogen-bond donors (Lipinski definition) is 1. The van der Waals surface area contributed by atoms with Crippen molar-refractivity contribution in [3.63, 3.8) is 0 Å². The number of carboxylic acid groups (broad SMARTS) is 1. The first-order valence-electron chi connectivity index (χ1n) is 8.38. The van der Waals surface area contributed by atoms with Crippen LogP contribution in [-0.4, -0.2) is 53.9 Å². The summed E-state index contributed by atoms with van der Waals surface area (Å²) in [7, 11) is 0. The summed E-state index contributed by atoms with van der Waals surface area (Å²) in [6.45, 7) is 1.86. The quantitative estimate of drug-likeness (QED) is 0.847. The van der Waals surface area contributed by atoms with E-state index in [9.17, 15) is 14.7 Å². The maximum absolute atomic E-state index is 12.6. The van der Waals surface area contributed by atoms with Crippen molar-refractivity contribution < 1.29 is 19.4 Å². The van der Waals surface area contributed by atoms with E-state index in [0.717, 1.165) is 17.7 Å². The topological polar surface area (TPSA) is 66.8 Å². The Morgan fingerprint density at radius 2 is 1.83 bits per heavy atom. The third-order valence-electron chi connectivity index (χ3n) is 5.08. The van der Waals surface area contributed by atoms with E-state index in [2.05, 4.69) is 0 Å². The number of nitrogens with zero attached hydrogens (tertiary/aromatic N) is 1. The van der Waals surface area contributed by atoms with Crippen molar-refractivity contribution in [1.82, 2.24) is 4.90 Å². The van der Waals surface area contributed by atoms with Gasteiger partial charge < -0.3 is 14.7 Å². The van der Waals surface area contributed by atoms with Gasteiger partial charge in [0, 0.05) is 30.2 Å². The van der Waals surface area contributed by atoms with Gasteiger partial charge >= 0.3 is 5.97 Å². The molecule has 2 fully saturated rings. The number of carbonyl (C=O) groups excluding carboxylic acids is 1. The van der Waals surface area contributed by atoms with Crippen LogP contribution in [0.5, 0.6) is 0 Å². The third-order valence-corrected chi connectivity index (χ3v) is 5.82. The Morgan fingerprint density at radius 3 is 2.42 bits per heavy atom. The minimum atomic E-state index is -0.759. The normalized spacial score (nSPS) is 25.0. The number of carbonyl (C=O) groups is 2. The van der Waals surface area contributed by atoms with Gasteiger partial charge in [-0.3, -0.25) is 9.59 Å². The molecule has 5 nitrogen and oxygen atoms in total. The smallest absolute Gasteiger partial charge is 0.309 e. The Labute approximate surface area is 146 Å². The van der Waals surface area contributed by atoms with Crippen molar-refractivity contribution in [3.8, 4) is 0 Å². The van der Waals surface area contributed by atoms with Crippen LogP contribution in [0, 0.1) is 11.8 Å². The van der Waals surface area contributed by atoms with Gasteiger partial charge in [-0.1, -0.05) is 0 Å². The standard InChI is InChI=1S/C18H23NO4S/c1-24-14-4-2-13(3-5-14)17(20)19-9-6-12(7-10-19)16-15(18(21)22)8-11-23-16/h2-5,12,15-16H,6-11H2,1H3,(H,21,22)/t15?,16-/m0/s1. The van der Waals surface area contributed by atoms with Crippen molar-refractivity contribution in [2.24, 2.45) is 11.8 Å². The van der Waals surface area contributed by atoms with Crippen molar-refractivity contribution in [2.75, 3.05) is 26.0 Å². The van der Waals surface area contributed by atoms with Gasteiger partial charge in [0.15, 0.2) is 0 Å². The molecule has 0 aromatic heterocycles. The molecule has 6 heteroatoms. The van der Waals surface area contributed by atoms with Crippen LogP contribution in [0.1, 0.15) is 29.6 Å². The second kappa shape index (κ2) is 7.57. The monoisotopic (exact) mass is 349 g/mol. The van der Waals surface area contributed by atoms with E-state index in [0.29, 0.717) is 31.7 Å². The lowest BCUT2D eigenvalue weighted by molar-refractivity contribution is -0.145. The van der Waals surface area contributed by atoms with Gasteiger partial charge in [-0.2, -0.15) is 0 Å². The lowest BCUT2D eigenvalue weighted by Gasteiger charge is -2.35. The Morgan fingerprint density at radius 1 is 1.17 bits per heavy atom. The van der Waals surface area contributed by atoms with E-state index in [4.69, 9.17) is 4.74 Å².